The summed E-state index contributed by atoms with van der Waals surface area (Å²) in [5, 5.41) is 2.81. The van der Waals surface area contributed by atoms with E-state index in [0.29, 0.717) is 18.9 Å². The van der Waals surface area contributed by atoms with Gasteiger partial charge in [-0.3, -0.25) is 4.79 Å². The molecule has 7 heteroatoms. The lowest BCUT2D eigenvalue weighted by atomic mass is 10.1. The molecule has 0 radical (unpaired) electrons. The molecular formula is C17H35NO5Si. The van der Waals surface area contributed by atoms with Crippen molar-refractivity contribution in [3.05, 3.63) is 0 Å². The maximum atomic E-state index is 12.0. The average Bonchev–Trinajstić information content (AvgIpc) is 2.37. The van der Waals surface area contributed by atoms with Crippen molar-refractivity contribution in [3.63, 3.8) is 0 Å². The number of carbonyl (C=O) groups excluding carboxylic acids is 2. The number of esters is 1. The van der Waals surface area contributed by atoms with Gasteiger partial charge in [0.15, 0.2) is 8.32 Å². The normalized spacial score (nSPS) is 13.5. The molecule has 142 valence electrons. The second-order valence-electron chi connectivity index (χ2n) is 8.13. The summed E-state index contributed by atoms with van der Waals surface area (Å²) < 4.78 is 16.1. The lowest BCUT2D eigenvalue weighted by molar-refractivity contribution is -0.140. The summed E-state index contributed by atoms with van der Waals surface area (Å²) in [5.41, 5.74) is -0.566. The Morgan fingerprint density at radius 1 is 1.17 bits per heavy atom. The van der Waals surface area contributed by atoms with Crippen LogP contribution < -0.4 is 5.32 Å². The third-order valence-electron chi connectivity index (χ3n) is 3.22. The van der Waals surface area contributed by atoms with Gasteiger partial charge in [-0.15, -0.1) is 0 Å². The summed E-state index contributed by atoms with van der Waals surface area (Å²) >= 11 is 0. The molecule has 0 saturated carbocycles. The van der Waals surface area contributed by atoms with E-state index in [9.17, 15) is 9.59 Å². The highest BCUT2D eigenvalue weighted by atomic mass is 28.4. The van der Waals surface area contributed by atoms with Crippen molar-refractivity contribution in [3.8, 4) is 0 Å². The first-order valence-electron chi connectivity index (χ1n) is 8.55. The highest BCUT2D eigenvalue weighted by molar-refractivity contribution is 6.71. The molecule has 0 aliphatic heterocycles. The Bertz CT molecular complexity index is 404. The van der Waals surface area contributed by atoms with Gasteiger partial charge in [0.1, 0.15) is 5.60 Å². The van der Waals surface area contributed by atoms with E-state index in [1.165, 1.54) is 7.11 Å². The topological polar surface area (TPSA) is 73.9 Å². The van der Waals surface area contributed by atoms with Crippen LogP contribution in [0.2, 0.25) is 19.1 Å². The largest absolute Gasteiger partial charge is 0.469 e. The van der Waals surface area contributed by atoms with Crippen LogP contribution in [-0.4, -0.2) is 45.7 Å². The van der Waals surface area contributed by atoms with E-state index in [1.807, 2.05) is 20.8 Å². The Balaban J connectivity index is 4.68. The predicted molar refractivity (Wildman–Crippen MR) is 97.5 cm³/mol. The molecule has 0 heterocycles. The van der Waals surface area contributed by atoms with Crippen molar-refractivity contribution in [2.24, 2.45) is 5.92 Å². The predicted octanol–water partition coefficient (Wildman–Crippen LogP) is 3.71. The number of rotatable bonds is 9. The summed E-state index contributed by atoms with van der Waals surface area (Å²) in [5.74, 6) is 0.267. The molecule has 0 spiro atoms. The quantitative estimate of drug-likeness (QED) is 0.500. The fraction of sp³-hybridized carbons (Fsp3) is 0.882. The molecule has 1 atom stereocenters. The smallest absolute Gasteiger partial charge is 0.407 e. The summed E-state index contributed by atoms with van der Waals surface area (Å²) in [4.78, 5) is 23.4. The standard InChI is InChI=1S/C17H35NO5Si/c1-13(2)12-24(7,8)22-11-14(9-10-15(19)21-6)18-16(20)23-17(3,4)5/h13-14H,9-12H2,1-8H3,(H,18,20). The highest BCUT2D eigenvalue weighted by Crippen LogP contribution is 2.18. The number of nitrogens with one attached hydrogen (secondary N) is 1. The summed E-state index contributed by atoms with van der Waals surface area (Å²) in [6.07, 6.45) is 0.189. The molecule has 1 unspecified atom stereocenters. The van der Waals surface area contributed by atoms with Gasteiger partial charge in [0.05, 0.1) is 19.8 Å². The van der Waals surface area contributed by atoms with E-state index in [4.69, 9.17) is 9.16 Å². The van der Waals surface area contributed by atoms with E-state index in [-0.39, 0.29) is 18.4 Å². The Morgan fingerprint density at radius 3 is 2.21 bits per heavy atom. The molecule has 0 bridgehead atoms. The van der Waals surface area contributed by atoms with Crippen LogP contribution in [0.15, 0.2) is 0 Å². The van der Waals surface area contributed by atoms with E-state index in [2.05, 4.69) is 37.0 Å². The monoisotopic (exact) mass is 361 g/mol. The van der Waals surface area contributed by atoms with Gasteiger partial charge in [-0.1, -0.05) is 13.8 Å². The average molecular weight is 362 g/mol. The molecule has 0 aromatic carbocycles. The molecule has 0 aromatic heterocycles. The number of hydrogen-bond donors (Lipinski definition) is 1. The maximum absolute atomic E-state index is 12.0. The van der Waals surface area contributed by atoms with Gasteiger partial charge >= 0.3 is 12.1 Å². The molecule has 1 amide bonds. The van der Waals surface area contributed by atoms with Crippen molar-refractivity contribution in [2.45, 2.75) is 78.2 Å². The van der Waals surface area contributed by atoms with Gasteiger partial charge in [-0.2, -0.15) is 0 Å². The first-order chi connectivity index (χ1) is 10.8. The van der Waals surface area contributed by atoms with Crippen LogP contribution in [0.1, 0.15) is 47.5 Å². The SMILES string of the molecule is COC(=O)CCC(CO[Si](C)(C)CC(C)C)NC(=O)OC(C)(C)C. The van der Waals surface area contributed by atoms with E-state index in [1.54, 1.807) is 0 Å². The Kier molecular flexibility index (Phi) is 9.58. The number of amides is 1. The van der Waals surface area contributed by atoms with Gasteiger partial charge in [-0.05, 0) is 52.2 Å². The zero-order chi connectivity index (χ0) is 19.0. The van der Waals surface area contributed by atoms with Gasteiger partial charge in [0.25, 0.3) is 0 Å². The zero-order valence-electron chi connectivity index (χ0n) is 16.5. The second kappa shape index (κ2) is 10.0. The molecule has 24 heavy (non-hydrogen) atoms. The van der Waals surface area contributed by atoms with Crippen molar-refractivity contribution in [1.29, 1.82) is 0 Å². The van der Waals surface area contributed by atoms with Crippen molar-refractivity contribution in [1.82, 2.24) is 5.32 Å². The summed E-state index contributed by atoms with van der Waals surface area (Å²) in [6.45, 7) is 14.5. The molecule has 1 N–H and O–H groups in total. The molecule has 6 nitrogen and oxygen atoms in total. The van der Waals surface area contributed by atoms with Gasteiger partial charge in [0.2, 0.25) is 0 Å². The molecular weight excluding hydrogens is 326 g/mol. The minimum Gasteiger partial charge on any atom is -0.469 e. The second-order valence-corrected chi connectivity index (χ2v) is 12.3. The third kappa shape index (κ3) is 12.4. The number of carbonyl (C=O) groups is 2. The Hall–Kier alpha value is -1.08. The van der Waals surface area contributed by atoms with Crippen molar-refractivity contribution in [2.75, 3.05) is 13.7 Å². The lowest BCUT2D eigenvalue weighted by Crippen LogP contribution is -2.44. The number of alkyl carbamates (subject to hydrolysis) is 1. The van der Waals surface area contributed by atoms with Gasteiger partial charge in [-0.25, -0.2) is 4.79 Å². The van der Waals surface area contributed by atoms with Crippen molar-refractivity contribution < 1.29 is 23.5 Å². The minimum atomic E-state index is -1.80. The van der Waals surface area contributed by atoms with E-state index < -0.39 is 20.0 Å². The number of hydrogen-bond acceptors (Lipinski definition) is 5. The van der Waals surface area contributed by atoms with Crippen LogP contribution in [0.3, 0.4) is 0 Å². The van der Waals surface area contributed by atoms with Gasteiger partial charge in [0, 0.05) is 6.42 Å². The molecule has 0 fully saturated rings. The number of methoxy groups -OCH3 is 1. The summed E-state index contributed by atoms with van der Waals surface area (Å²) in [6, 6.07) is 0.765. The maximum Gasteiger partial charge on any atom is 0.407 e. The first kappa shape index (κ1) is 22.9. The summed E-state index contributed by atoms with van der Waals surface area (Å²) in [7, 11) is -0.445. The fourth-order valence-corrected chi connectivity index (χ4v) is 5.17. The molecule has 0 aliphatic rings. The van der Waals surface area contributed by atoms with Crippen LogP contribution in [0.4, 0.5) is 4.79 Å². The minimum absolute atomic E-state index is 0.229. The van der Waals surface area contributed by atoms with Crippen LogP contribution >= 0.6 is 0 Å². The molecule has 0 aliphatic carbocycles. The van der Waals surface area contributed by atoms with Crippen LogP contribution in [0.25, 0.3) is 0 Å². The molecule has 0 rings (SSSR count). The molecule has 0 aromatic rings. The van der Waals surface area contributed by atoms with E-state index in [0.717, 1.165) is 6.04 Å². The lowest BCUT2D eigenvalue weighted by Gasteiger charge is -2.29. The van der Waals surface area contributed by atoms with Gasteiger partial charge < -0.3 is 19.2 Å². The van der Waals surface area contributed by atoms with Crippen LogP contribution in [-0.2, 0) is 18.7 Å². The highest BCUT2D eigenvalue weighted by Gasteiger charge is 2.27. The third-order valence-corrected chi connectivity index (χ3v) is 5.97. The molecule has 0 saturated heterocycles. The Labute approximate surface area is 147 Å². The first-order valence-corrected chi connectivity index (χ1v) is 11.7. The fourth-order valence-electron chi connectivity index (χ4n) is 2.43. The number of ether oxygens (including phenoxy) is 2. The van der Waals surface area contributed by atoms with E-state index >= 15 is 0 Å². The Morgan fingerprint density at radius 2 is 1.75 bits per heavy atom. The van der Waals surface area contributed by atoms with Crippen LogP contribution in [0.5, 0.6) is 0 Å². The zero-order valence-corrected chi connectivity index (χ0v) is 17.5. The van der Waals surface area contributed by atoms with Crippen molar-refractivity contribution >= 4 is 20.4 Å². The van der Waals surface area contributed by atoms with Crippen LogP contribution in [0, 0.1) is 5.92 Å².